The number of rotatable bonds is 5. The zero-order chi connectivity index (χ0) is 14.0. The van der Waals surface area contributed by atoms with Crippen molar-refractivity contribution >= 4 is 9.84 Å². The Bertz CT molecular complexity index is 551. The second-order valence-corrected chi connectivity index (χ2v) is 7.75. The van der Waals surface area contributed by atoms with Gasteiger partial charge in [0.2, 0.25) is 5.89 Å². The lowest BCUT2D eigenvalue weighted by atomic mass is 10.1. The van der Waals surface area contributed by atoms with Crippen LogP contribution in [0.3, 0.4) is 0 Å². The van der Waals surface area contributed by atoms with Crippen LogP contribution >= 0.6 is 0 Å². The van der Waals surface area contributed by atoms with Crippen molar-refractivity contribution in [2.24, 2.45) is 5.92 Å². The highest BCUT2D eigenvalue weighted by Gasteiger charge is 2.27. The molecule has 2 saturated heterocycles. The molecule has 0 spiro atoms. The van der Waals surface area contributed by atoms with E-state index in [9.17, 15) is 8.42 Å². The topological polar surface area (TPSA) is 94.3 Å². The van der Waals surface area contributed by atoms with E-state index in [1.807, 2.05) is 0 Å². The van der Waals surface area contributed by atoms with Gasteiger partial charge in [-0.2, -0.15) is 4.98 Å². The molecule has 2 unspecified atom stereocenters. The molecule has 20 heavy (non-hydrogen) atoms. The van der Waals surface area contributed by atoms with Crippen molar-refractivity contribution in [1.29, 1.82) is 0 Å². The number of nitrogens with one attached hydrogen (secondary N) is 1. The average Bonchev–Trinajstić information content (AvgIpc) is 3.10. The monoisotopic (exact) mass is 301 g/mol. The van der Waals surface area contributed by atoms with Gasteiger partial charge in [0.05, 0.1) is 18.1 Å². The molecule has 7 nitrogen and oxygen atoms in total. The molecule has 1 aromatic rings. The van der Waals surface area contributed by atoms with Crippen LogP contribution in [0.25, 0.3) is 0 Å². The van der Waals surface area contributed by atoms with E-state index in [1.54, 1.807) is 0 Å². The Morgan fingerprint density at radius 2 is 2.25 bits per heavy atom. The van der Waals surface area contributed by atoms with E-state index in [2.05, 4.69) is 15.5 Å². The predicted octanol–water partition coefficient (Wildman–Crippen LogP) is -0.0747. The lowest BCUT2D eigenvalue weighted by Crippen LogP contribution is -2.29. The lowest BCUT2D eigenvalue weighted by molar-refractivity contribution is 0.185. The fourth-order valence-corrected chi connectivity index (χ4v) is 4.34. The summed E-state index contributed by atoms with van der Waals surface area (Å²) in [6.45, 7) is 2.00. The van der Waals surface area contributed by atoms with Gasteiger partial charge in [-0.15, -0.1) is 0 Å². The summed E-state index contributed by atoms with van der Waals surface area (Å²) in [6.07, 6.45) is 2.48. The summed E-state index contributed by atoms with van der Waals surface area (Å²) in [5.41, 5.74) is 0. The van der Waals surface area contributed by atoms with Crippen LogP contribution in [0.15, 0.2) is 4.52 Å². The van der Waals surface area contributed by atoms with E-state index >= 15 is 0 Å². The van der Waals surface area contributed by atoms with Gasteiger partial charge < -0.3 is 14.6 Å². The Hall–Kier alpha value is -0.990. The van der Waals surface area contributed by atoms with Crippen LogP contribution in [0.4, 0.5) is 0 Å². The normalized spacial score (nSPS) is 29.0. The van der Waals surface area contributed by atoms with Crippen molar-refractivity contribution in [1.82, 2.24) is 15.5 Å². The maximum absolute atomic E-state index is 11.3. The van der Waals surface area contributed by atoms with Gasteiger partial charge in [-0.1, -0.05) is 5.16 Å². The fraction of sp³-hybridized carbons (Fsp3) is 0.833. The van der Waals surface area contributed by atoms with Crippen molar-refractivity contribution in [3.05, 3.63) is 11.7 Å². The first kappa shape index (κ1) is 14.0. The third kappa shape index (κ3) is 3.56. The molecule has 2 aliphatic rings. The van der Waals surface area contributed by atoms with Crippen LogP contribution in [0.1, 0.15) is 24.6 Å². The molecule has 2 fully saturated rings. The highest BCUT2D eigenvalue weighted by molar-refractivity contribution is 7.91. The molecule has 2 aliphatic heterocycles. The highest BCUT2D eigenvalue weighted by Crippen LogP contribution is 2.17. The average molecular weight is 301 g/mol. The molecule has 1 aromatic heterocycles. The van der Waals surface area contributed by atoms with Crippen LogP contribution in [0.2, 0.25) is 0 Å². The number of hydrogen-bond acceptors (Lipinski definition) is 7. The van der Waals surface area contributed by atoms with Crippen LogP contribution in [-0.2, 0) is 27.5 Å². The molecule has 3 heterocycles. The summed E-state index contributed by atoms with van der Waals surface area (Å²) in [6, 6.07) is -0.00131. The summed E-state index contributed by atoms with van der Waals surface area (Å²) >= 11 is 0. The van der Waals surface area contributed by atoms with E-state index in [0.29, 0.717) is 30.6 Å². The maximum Gasteiger partial charge on any atom is 0.240 e. The summed E-state index contributed by atoms with van der Waals surface area (Å²) in [5.74, 6) is 2.17. The Morgan fingerprint density at radius 1 is 1.35 bits per heavy atom. The molecule has 0 saturated carbocycles. The van der Waals surface area contributed by atoms with Gasteiger partial charge in [-0.3, -0.25) is 0 Å². The molecular weight excluding hydrogens is 282 g/mol. The van der Waals surface area contributed by atoms with Gasteiger partial charge in [0.25, 0.3) is 0 Å². The number of ether oxygens (including phenoxy) is 1. The van der Waals surface area contributed by atoms with Crippen LogP contribution in [0, 0.1) is 5.92 Å². The molecule has 0 aromatic carbocycles. The van der Waals surface area contributed by atoms with Crippen molar-refractivity contribution in [2.45, 2.75) is 31.8 Å². The van der Waals surface area contributed by atoms with Crippen molar-refractivity contribution in [3.63, 3.8) is 0 Å². The highest BCUT2D eigenvalue weighted by atomic mass is 32.2. The zero-order valence-electron chi connectivity index (χ0n) is 11.2. The largest absolute Gasteiger partial charge is 0.381 e. The van der Waals surface area contributed by atoms with Crippen molar-refractivity contribution in [2.75, 3.05) is 24.7 Å². The maximum atomic E-state index is 11.3. The van der Waals surface area contributed by atoms with E-state index in [-0.39, 0.29) is 17.5 Å². The van der Waals surface area contributed by atoms with Crippen LogP contribution in [0.5, 0.6) is 0 Å². The van der Waals surface area contributed by atoms with Crippen LogP contribution < -0.4 is 5.32 Å². The van der Waals surface area contributed by atoms with Crippen molar-refractivity contribution < 1.29 is 17.7 Å². The first-order valence-corrected chi connectivity index (χ1v) is 8.76. The molecule has 1 N–H and O–H groups in total. The Labute approximate surface area is 118 Å². The van der Waals surface area contributed by atoms with Gasteiger partial charge >= 0.3 is 0 Å². The molecule has 3 rings (SSSR count). The third-order valence-electron chi connectivity index (χ3n) is 3.78. The summed E-state index contributed by atoms with van der Waals surface area (Å²) in [4.78, 5) is 4.33. The van der Waals surface area contributed by atoms with Gasteiger partial charge in [0, 0.05) is 25.7 Å². The number of aromatic nitrogens is 2. The van der Waals surface area contributed by atoms with E-state index in [0.717, 1.165) is 26.1 Å². The minimum atomic E-state index is -2.85. The lowest BCUT2D eigenvalue weighted by Gasteiger charge is -2.07. The number of nitrogens with zero attached hydrogens (tertiary/aromatic N) is 2. The molecule has 8 heteroatoms. The van der Waals surface area contributed by atoms with Gasteiger partial charge in [-0.05, 0) is 18.8 Å². The van der Waals surface area contributed by atoms with Gasteiger partial charge in [0.15, 0.2) is 15.7 Å². The predicted molar refractivity (Wildman–Crippen MR) is 70.8 cm³/mol. The second-order valence-electron chi connectivity index (χ2n) is 5.52. The SMILES string of the molecule is O=S1(=O)CCC(NCc2nc(CC3CCOC3)no2)C1. The molecule has 0 radical (unpaired) electrons. The first-order valence-electron chi connectivity index (χ1n) is 6.94. The van der Waals surface area contributed by atoms with Crippen LogP contribution in [-0.4, -0.2) is 49.3 Å². The second kappa shape index (κ2) is 5.79. The quantitative estimate of drug-likeness (QED) is 0.813. The van der Waals surface area contributed by atoms with Crippen molar-refractivity contribution in [3.8, 4) is 0 Å². The Morgan fingerprint density at radius 3 is 2.95 bits per heavy atom. The smallest absolute Gasteiger partial charge is 0.240 e. The summed E-state index contributed by atoms with van der Waals surface area (Å²) in [5, 5.41) is 7.11. The minimum absolute atomic E-state index is 0.00131. The molecule has 0 bridgehead atoms. The van der Waals surface area contributed by atoms with E-state index < -0.39 is 9.84 Å². The summed E-state index contributed by atoms with van der Waals surface area (Å²) < 4.78 is 33.2. The molecule has 0 aliphatic carbocycles. The minimum Gasteiger partial charge on any atom is -0.381 e. The summed E-state index contributed by atoms with van der Waals surface area (Å²) in [7, 11) is -2.85. The standard InChI is InChI=1S/C12H19N3O4S/c16-20(17)4-2-10(8-20)13-6-12-14-11(15-19-12)5-9-1-3-18-7-9/h9-10,13H,1-8H2. The number of sulfone groups is 1. The Balaban J connectivity index is 1.47. The fourth-order valence-electron chi connectivity index (χ4n) is 2.64. The molecule has 2 atom stereocenters. The van der Waals surface area contributed by atoms with Gasteiger partial charge in [-0.25, -0.2) is 8.42 Å². The first-order chi connectivity index (χ1) is 9.61. The van der Waals surface area contributed by atoms with E-state index in [1.165, 1.54) is 0 Å². The molecule has 0 amide bonds. The zero-order valence-corrected chi connectivity index (χ0v) is 12.1. The van der Waals surface area contributed by atoms with E-state index in [4.69, 9.17) is 9.26 Å². The number of hydrogen-bond donors (Lipinski definition) is 1. The molecular formula is C12H19N3O4S. The molecule has 112 valence electrons. The Kier molecular flexibility index (Phi) is 4.04. The third-order valence-corrected chi connectivity index (χ3v) is 5.55. The van der Waals surface area contributed by atoms with Gasteiger partial charge in [0.1, 0.15) is 0 Å².